The Morgan fingerprint density at radius 1 is 1.17 bits per heavy atom. The van der Waals surface area contributed by atoms with E-state index >= 15 is 0 Å². The van der Waals surface area contributed by atoms with Crippen molar-refractivity contribution in [2.75, 3.05) is 27.2 Å². The first-order chi connectivity index (χ1) is 10.9. The Kier molecular flexibility index (Phi) is 5.85. The van der Waals surface area contributed by atoms with Crippen molar-refractivity contribution >= 4 is 17.2 Å². The Morgan fingerprint density at radius 2 is 1.91 bits per heavy atom. The van der Waals surface area contributed by atoms with Gasteiger partial charge in [-0.2, -0.15) is 0 Å². The average Bonchev–Trinajstić information content (AvgIpc) is 2.86. The molecule has 0 unspecified atom stereocenters. The second kappa shape index (κ2) is 7.66. The smallest absolute Gasteiger partial charge is 0.272 e. The number of aromatic nitrogens is 2. The molecule has 124 valence electrons. The van der Waals surface area contributed by atoms with Gasteiger partial charge in [-0.3, -0.25) is 4.79 Å². The van der Waals surface area contributed by atoms with E-state index in [1.807, 2.05) is 32.8 Å². The van der Waals surface area contributed by atoms with Crippen LogP contribution in [0.2, 0.25) is 0 Å². The second-order valence-electron chi connectivity index (χ2n) is 6.00. The van der Waals surface area contributed by atoms with Crippen molar-refractivity contribution in [3.05, 3.63) is 45.2 Å². The summed E-state index contributed by atoms with van der Waals surface area (Å²) in [5, 5.41) is 2.07. The molecule has 0 saturated heterocycles. The third-order valence-corrected chi connectivity index (χ3v) is 4.60. The number of carbonyl (C=O) groups is 1. The van der Waals surface area contributed by atoms with Gasteiger partial charge in [0.2, 0.25) is 0 Å². The number of amides is 1. The summed E-state index contributed by atoms with van der Waals surface area (Å²) in [6, 6.07) is 3.85. The lowest BCUT2D eigenvalue weighted by Crippen LogP contribution is -2.36. The largest absolute Gasteiger partial charge is 0.331 e. The summed E-state index contributed by atoms with van der Waals surface area (Å²) in [7, 11) is 4.02. The molecule has 5 nitrogen and oxygen atoms in total. The van der Waals surface area contributed by atoms with E-state index in [0.717, 1.165) is 12.2 Å². The maximum atomic E-state index is 12.9. The van der Waals surface area contributed by atoms with Crippen LogP contribution in [0.1, 0.15) is 32.4 Å². The number of carbonyl (C=O) groups excluding carboxylic acids is 1. The van der Waals surface area contributed by atoms with Gasteiger partial charge >= 0.3 is 0 Å². The highest BCUT2D eigenvalue weighted by Gasteiger charge is 2.19. The standard InChI is InChI=1S/C17H24N4OS/c1-12-6-9-23-16(12)11-21(8-7-20(4)5)17(22)15-10-13(2)18-14(3)19-15/h6,9-10H,7-8,11H2,1-5H3. The summed E-state index contributed by atoms with van der Waals surface area (Å²) in [5.74, 6) is 0.599. The minimum atomic E-state index is -0.0340. The zero-order valence-electron chi connectivity index (χ0n) is 14.5. The van der Waals surface area contributed by atoms with E-state index in [0.29, 0.717) is 24.6 Å². The van der Waals surface area contributed by atoms with Gasteiger partial charge in [0.25, 0.3) is 5.91 Å². The van der Waals surface area contributed by atoms with E-state index in [2.05, 4.69) is 33.2 Å². The van der Waals surface area contributed by atoms with Crippen molar-refractivity contribution < 1.29 is 4.79 Å². The van der Waals surface area contributed by atoms with Crippen LogP contribution in [0.5, 0.6) is 0 Å². The molecule has 0 aromatic carbocycles. The van der Waals surface area contributed by atoms with Gasteiger partial charge in [-0.25, -0.2) is 9.97 Å². The lowest BCUT2D eigenvalue weighted by molar-refractivity contribution is 0.0727. The highest BCUT2D eigenvalue weighted by atomic mass is 32.1. The molecule has 0 spiro atoms. The molecular weight excluding hydrogens is 308 g/mol. The normalized spacial score (nSPS) is 11.0. The topological polar surface area (TPSA) is 49.3 Å². The Bertz CT molecular complexity index is 661. The summed E-state index contributed by atoms with van der Waals surface area (Å²) in [5.41, 5.74) is 2.52. The molecule has 2 rings (SSSR count). The third-order valence-electron chi connectivity index (χ3n) is 3.59. The van der Waals surface area contributed by atoms with E-state index < -0.39 is 0 Å². The maximum Gasteiger partial charge on any atom is 0.272 e. The molecule has 0 aliphatic rings. The molecule has 0 aliphatic carbocycles. The van der Waals surface area contributed by atoms with Crippen molar-refractivity contribution in [2.45, 2.75) is 27.3 Å². The van der Waals surface area contributed by atoms with Crippen LogP contribution in [0, 0.1) is 20.8 Å². The van der Waals surface area contributed by atoms with Crippen LogP contribution in [-0.4, -0.2) is 52.9 Å². The predicted molar refractivity (Wildman–Crippen MR) is 93.9 cm³/mol. The second-order valence-corrected chi connectivity index (χ2v) is 7.00. The van der Waals surface area contributed by atoms with E-state index in [1.165, 1.54) is 10.4 Å². The maximum absolute atomic E-state index is 12.9. The van der Waals surface area contributed by atoms with Crippen LogP contribution in [0.4, 0.5) is 0 Å². The number of likely N-dealkylation sites (N-methyl/N-ethyl adjacent to an activating group) is 1. The molecule has 1 amide bonds. The van der Waals surface area contributed by atoms with E-state index in [-0.39, 0.29) is 5.91 Å². The van der Waals surface area contributed by atoms with Gasteiger partial charge in [-0.1, -0.05) is 0 Å². The van der Waals surface area contributed by atoms with E-state index in [4.69, 9.17) is 0 Å². The molecule has 6 heteroatoms. The van der Waals surface area contributed by atoms with Crippen LogP contribution in [0.3, 0.4) is 0 Å². The Morgan fingerprint density at radius 3 is 2.48 bits per heavy atom. The molecular formula is C17H24N4OS. The van der Waals surface area contributed by atoms with Crippen LogP contribution in [0.25, 0.3) is 0 Å². The molecule has 0 saturated carbocycles. The van der Waals surface area contributed by atoms with Crippen molar-refractivity contribution in [3.63, 3.8) is 0 Å². The predicted octanol–water partition coefficient (Wildman–Crippen LogP) is 2.67. The fraction of sp³-hybridized carbons (Fsp3) is 0.471. The van der Waals surface area contributed by atoms with Gasteiger partial charge in [0, 0.05) is 23.7 Å². The Hall–Kier alpha value is -1.79. The van der Waals surface area contributed by atoms with E-state index in [9.17, 15) is 4.79 Å². The summed E-state index contributed by atoms with van der Waals surface area (Å²) in [6.45, 7) is 7.90. The van der Waals surface area contributed by atoms with Gasteiger partial charge in [-0.05, 0) is 57.9 Å². The van der Waals surface area contributed by atoms with Gasteiger partial charge in [0.15, 0.2) is 0 Å². The molecule has 23 heavy (non-hydrogen) atoms. The molecule has 0 fully saturated rings. The number of thiophene rings is 1. The molecule has 2 aromatic heterocycles. The highest BCUT2D eigenvalue weighted by Crippen LogP contribution is 2.19. The van der Waals surface area contributed by atoms with Crippen LogP contribution < -0.4 is 0 Å². The van der Waals surface area contributed by atoms with Gasteiger partial charge in [0.05, 0.1) is 6.54 Å². The lowest BCUT2D eigenvalue weighted by atomic mass is 10.2. The van der Waals surface area contributed by atoms with Crippen LogP contribution >= 0.6 is 11.3 Å². The van der Waals surface area contributed by atoms with Gasteiger partial charge < -0.3 is 9.80 Å². The highest BCUT2D eigenvalue weighted by molar-refractivity contribution is 7.10. The average molecular weight is 332 g/mol. The Labute approximate surface area is 142 Å². The first-order valence-electron chi connectivity index (χ1n) is 7.66. The SMILES string of the molecule is Cc1cc(C(=O)N(CCN(C)C)Cc2sccc2C)nc(C)n1. The van der Waals surface area contributed by atoms with Gasteiger partial charge in [0.1, 0.15) is 11.5 Å². The first kappa shape index (κ1) is 17.6. The van der Waals surface area contributed by atoms with Crippen LogP contribution in [0.15, 0.2) is 17.5 Å². The third kappa shape index (κ3) is 4.84. The van der Waals surface area contributed by atoms with E-state index in [1.54, 1.807) is 17.4 Å². The van der Waals surface area contributed by atoms with Gasteiger partial charge in [-0.15, -0.1) is 11.3 Å². The fourth-order valence-electron chi connectivity index (χ4n) is 2.30. The van der Waals surface area contributed by atoms with Crippen molar-refractivity contribution in [2.24, 2.45) is 0 Å². The number of aryl methyl sites for hydroxylation is 3. The molecule has 0 radical (unpaired) electrons. The number of nitrogens with zero attached hydrogens (tertiary/aromatic N) is 4. The quantitative estimate of drug-likeness (QED) is 0.816. The minimum absolute atomic E-state index is 0.0340. The minimum Gasteiger partial charge on any atom is -0.331 e. The first-order valence-corrected chi connectivity index (χ1v) is 8.54. The molecule has 0 aliphatic heterocycles. The number of hydrogen-bond acceptors (Lipinski definition) is 5. The van der Waals surface area contributed by atoms with Crippen molar-refractivity contribution in [3.8, 4) is 0 Å². The molecule has 2 aromatic rings. The van der Waals surface area contributed by atoms with Crippen LogP contribution in [-0.2, 0) is 6.54 Å². The summed E-state index contributed by atoms with van der Waals surface area (Å²) >= 11 is 1.69. The summed E-state index contributed by atoms with van der Waals surface area (Å²) in [4.78, 5) is 26.7. The zero-order chi connectivity index (χ0) is 17.0. The monoisotopic (exact) mass is 332 g/mol. The lowest BCUT2D eigenvalue weighted by Gasteiger charge is -2.24. The fourth-order valence-corrected chi connectivity index (χ4v) is 3.22. The Balaban J connectivity index is 2.24. The summed E-state index contributed by atoms with van der Waals surface area (Å²) in [6.07, 6.45) is 0. The molecule has 0 atom stereocenters. The number of rotatable bonds is 6. The molecule has 2 heterocycles. The summed E-state index contributed by atoms with van der Waals surface area (Å²) < 4.78 is 0. The number of hydrogen-bond donors (Lipinski definition) is 0. The van der Waals surface area contributed by atoms with Crippen molar-refractivity contribution in [1.29, 1.82) is 0 Å². The van der Waals surface area contributed by atoms with Crippen molar-refractivity contribution in [1.82, 2.24) is 19.8 Å². The molecule has 0 N–H and O–H groups in total. The molecule has 0 bridgehead atoms. The zero-order valence-corrected chi connectivity index (χ0v) is 15.3.